The number of imidazole rings is 1. The maximum absolute atomic E-state index is 13.6. The zero-order valence-electron chi connectivity index (χ0n) is 23.0. The van der Waals surface area contributed by atoms with Crippen LogP contribution in [0.4, 0.5) is 4.79 Å². The number of carbonyl (C=O) groups excluding carboxylic acids is 5. The van der Waals surface area contributed by atoms with Crippen LogP contribution in [0.25, 0.3) is 0 Å². The lowest BCUT2D eigenvalue weighted by atomic mass is 10.0. The van der Waals surface area contributed by atoms with Crippen LogP contribution in [-0.2, 0) is 48.3 Å². The van der Waals surface area contributed by atoms with Crippen LogP contribution in [0.3, 0.4) is 0 Å². The highest BCUT2D eigenvalue weighted by Crippen LogP contribution is 2.21. The second-order valence-corrected chi connectivity index (χ2v) is 9.81. The van der Waals surface area contributed by atoms with Crippen LogP contribution in [-0.4, -0.2) is 63.4 Å². The van der Waals surface area contributed by atoms with Crippen molar-refractivity contribution in [1.29, 1.82) is 0 Å². The molecule has 2 atom stereocenters. The van der Waals surface area contributed by atoms with Crippen LogP contribution in [0.2, 0.25) is 0 Å². The van der Waals surface area contributed by atoms with Gasteiger partial charge in [-0.05, 0) is 24.0 Å². The number of benzene rings is 2. The molecule has 12 heteroatoms. The molecule has 0 radical (unpaired) electrons. The van der Waals surface area contributed by atoms with Gasteiger partial charge in [0.2, 0.25) is 11.8 Å². The Morgan fingerprint density at radius 2 is 1.60 bits per heavy atom. The normalized spacial score (nSPS) is 15.8. The molecular formula is C30H33N5O7. The fourth-order valence-corrected chi connectivity index (χ4v) is 4.52. The number of nitrogens with one attached hydrogen (secondary N) is 1. The van der Waals surface area contributed by atoms with Gasteiger partial charge in [-0.15, -0.1) is 0 Å². The van der Waals surface area contributed by atoms with Gasteiger partial charge in [0, 0.05) is 19.2 Å². The molecule has 0 bridgehead atoms. The van der Waals surface area contributed by atoms with E-state index in [4.69, 9.17) is 15.2 Å². The molecule has 0 spiro atoms. The van der Waals surface area contributed by atoms with E-state index in [0.29, 0.717) is 18.5 Å². The van der Waals surface area contributed by atoms with Gasteiger partial charge in [0.1, 0.15) is 31.5 Å². The number of rotatable bonds is 10. The van der Waals surface area contributed by atoms with Gasteiger partial charge in [-0.3, -0.25) is 24.1 Å². The smallest absolute Gasteiger partial charge is 0.419 e. The number of nitrogens with two attached hydrogens (primary N) is 1. The first kappa shape index (κ1) is 30.1. The molecule has 0 aliphatic carbocycles. The first-order valence-corrected chi connectivity index (χ1v) is 13.6. The Morgan fingerprint density at radius 3 is 2.24 bits per heavy atom. The zero-order chi connectivity index (χ0) is 29.9. The van der Waals surface area contributed by atoms with Gasteiger partial charge in [-0.1, -0.05) is 67.1 Å². The third kappa shape index (κ3) is 8.10. The summed E-state index contributed by atoms with van der Waals surface area (Å²) < 4.78 is 11.8. The highest BCUT2D eigenvalue weighted by atomic mass is 16.5. The Bertz CT molecular complexity index is 1390. The maximum Gasteiger partial charge on any atom is 0.419 e. The fourth-order valence-electron chi connectivity index (χ4n) is 4.52. The quantitative estimate of drug-likeness (QED) is 0.272. The summed E-state index contributed by atoms with van der Waals surface area (Å²) in [7, 11) is 0. The number of esters is 1. The summed E-state index contributed by atoms with van der Waals surface area (Å²) in [5, 5.41) is 2.54. The fraction of sp³-hybridized carbons (Fsp3) is 0.333. The van der Waals surface area contributed by atoms with Gasteiger partial charge in [0.05, 0.1) is 12.2 Å². The van der Waals surface area contributed by atoms with Crippen LogP contribution in [0.15, 0.2) is 73.2 Å². The number of nitrogens with zero attached hydrogens (tertiary/aromatic N) is 3. The summed E-state index contributed by atoms with van der Waals surface area (Å²) in [5.41, 5.74) is 7.34. The molecule has 12 nitrogen and oxygen atoms in total. The van der Waals surface area contributed by atoms with Gasteiger partial charge >= 0.3 is 12.1 Å². The van der Waals surface area contributed by atoms with E-state index in [1.54, 1.807) is 12.1 Å². The lowest BCUT2D eigenvalue weighted by molar-refractivity contribution is -0.159. The molecule has 1 fully saturated rings. The molecule has 4 rings (SSSR count). The molecule has 3 amide bonds. The molecule has 0 saturated carbocycles. The zero-order valence-corrected chi connectivity index (χ0v) is 23.0. The Labute approximate surface area is 242 Å². The summed E-state index contributed by atoms with van der Waals surface area (Å²) in [6, 6.07) is 17.0. The topological polar surface area (TPSA) is 163 Å². The molecule has 3 aromatic rings. The first-order valence-electron chi connectivity index (χ1n) is 13.6. The summed E-state index contributed by atoms with van der Waals surface area (Å²) in [4.78, 5) is 69.8. The summed E-state index contributed by atoms with van der Waals surface area (Å²) in [6.07, 6.45) is 3.09. The predicted molar refractivity (Wildman–Crippen MR) is 149 cm³/mol. The Hall–Kier alpha value is -4.84. The van der Waals surface area contributed by atoms with E-state index in [2.05, 4.69) is 10.3 Å². The van der Waals surface area contributed by atoms with E-state index in [1.165, 1.54) is 12.5 Å². The van der Waals surface area contributed by atoms with Crippen molar-refractivity contribution in [1.82, 2.24) is 19.8 Å². The molecule has 1 aliphatic rings. The number of ether oxygens (including phenoxy) is 2. The lowest BCUT2D eigenvalue weighted by Gasteiger charge is -2.26. The van der Waals surface area contributed by atoms with Gasteiger partial charge in [-0.2, -0.15) is 0 Å². The van der Waals surface area contributed by atoms with Crippen LogP contribution >= 0.6 is 0 Å². The predicted octanol–water partition coefficient (Wildman–Crippen LogP) is 1.95. The van der Waals surface area contributed by atoms with Crippen LogP contribution < -0.4 is 11.1 Å². The Morgan fingerprint density at radius 1 is 0.952 bits per heavy atom. The van der Waals surface area contributed by atoms with Crippen molar-refractivity contribution in [2.24, 2.45) is 11.7 Å². The number of aromatic nitrogens is 2. The van der Waals surface area contributed by atoms with Crippen molar-refractivity contribution in [3.8, 4) is 0 Å². The first-order chi connectivity index (χ1) is 20.4. The summed E-state index contributed by atoms with van der Waals surface area (Å²) in [5.74, 6) is -3.86. The lowest BCUT2D eigenvalue weighted by Crippen LogP contribution is -2.54. The van der Waals surface area contributed by atoms with Crippen LogP contribution in [0.1, 0.15) is 36.1 Å². The van der Waals surface area contributed by atoms with E-state index < -0.39 is 41.7 Å². The van der Waals surface area contributed by atoms with Crippen molar-refractivity contribution in [2.75, 3.05) is 13.1 Å². The molecule has 1 aromatic heterocycles. The standard InChI is InChI=1S/C30H33N5O7/c31-16-26(36)33-25(15-23-17-34(20-32-23)30(40)42-19-22-11-5-2-6-12-22)28(38)35-14-8-7-13-24(27(35)37)29(39)41-18-21-9-3-1-4-10-21/h1-6,9-12,17,20,24-25H,7-8,13-16,18-19,31H2,(H,33,36)/t24?,25-/m0/s1. The Kier molecular flexibility index (Phi) is 10.5. The number of carbonyl (C=O) groups is 5. The van der Waals surface area contributed by atoms with Crippen molar-refractivity contribution in [3.05, 3.63) is 90.0 Å². The molecule has 2 heterocycles. The van der Waals surface area contributed by atoms with Crippen LogP contribution in [0.5, 0.6) is 0 Å². The maximum atomic E-state index is 13.6. The van der Waals surface area contributed by atoms with E-state index in [0.717, 1.165) is 20.6 Å². The molecular weight excluding hydrogens is 542 g/mol. The molecule has 220 valence electrons. The van der Waals surface area contributed by atoms with E-state index in [1.807, 2.05) is 48.5 Å². The van der Waals surface area contributed by atoms with Gasteiger partial charge in [0.15, 0.2) is 0 Å². The minimum Gasteiger partial charge on any atom is -0.460 e. The monoisotopic (exact) mass is 575 g/mol. The number of hydrogen-bond donors (Lipinski definition) is 2. The van der Waals surface area contributed by atoms with E-state index in [-0.39, 0.29) is 39.1 Å². The van der Waals surface area contributed by atoms with Crippen molar-refractivity contribution < 1.29 is 33.4 Å². The van der Waals surface area contributed by atoms with Gasteiger partial charge < -0.3 is 20.5 Å². The number of amides is 3. The average molecular weight is 576 g/mol. The van der Waals surface area contributed by atoms with E-state index in [9.17, 15) is 24.0 Å². The van der Waals surface area contributed by atoms with Crippen LogP contribution in [0, 0.1) is 5.92 Å². The average Bonchev–Trinajstić information content (AvgIpc) is 3.40. The summed E-state index contributed by atoms with van der Waals surface area (Å²) in [6.45, 7) is -0.238. The molecule has 2 aromatic carbocycles. The second kappa shape index (κ2) is 14.7. The Balaban J connectivity index is 1.43. The third-order valence-corrected chi connectivity index (χ3v) is 6.75. The molecule has 1 aliphatic heterocycles. The number of hydrogen-bond acceptors (Lipinski definition) is 9. The summed E-state index contributed by atoms with van der Waals surface area (Å²) >= 11 is 0. The third-order valence-electron chi connectivity index (χ3n) is 6.75. The SMILES string of the molecule is NCC(=O)N[C@@H](Cc1cn(C(=O)OCc2ccccc2)cn1)C(=O)N1CCCCC(C(=O)OCc2ccccc2)C1=O. The van der Waals surface area contributed by atoms with Gasteiger partial charge in [0.25, 0.3) is 5.91 Å². The van der Waals surface area contributed by atoms with E-state index >= 15 is 0 Å². The van der Waals surface area contributed by atoms with Crippen molar-refractivity contribution in [3.63, 3.8) is 0 Å². The number of imide groups is 1. The molecule has 42 heavy (non-hydrogen) atoms. The minimum atomic E-state index is -1.22. The second-order valence-electron chi connectivity index (χ2n) is 9.81. The van der Waals surface area contributed by atoms with Crippen molar-refractivity contribution in [2.45, 2.75) is 44.9 Å². The highest BCUT2D eigenvalue weighted by molar-refractivity contribution is 6.07. The largest absolute Gasteiger partial charge is 0.460 e. The molecule has 1 saturated heterocycles. The van der Waals surface area contributed by atoms with Crippen molar-refractivity contribution >= 4 is 29.8 Å². The van der Waals surface area contributed by atoms with Gasteiger partial charge in [-0.25, -0.2) is 14.3 Å². The number of likely N-dealkylation sites (tertiary alicyclic amines) is 1. The molecule has 1 unspecified atom stereocenters. The molecule has 3 N–H and O–H groups in total. The highest BCUT2D eigenvalue weighted by Gasteiger charge is 2.39. The minimum absolute atomic E-state index is 0.00300.